The first-order chi connectivity index (χ1) is 18.9. The Labute approximate surface area is 225 Å². The number of amides is 1. The highest BCUT2D eigenvalue weighted by molar-refractivity contribution is 6.08. The Hall–Kier alpha value is -3.37. The summed E-state index contributed by atoms with van der Waals surface area (Å²) in [6.45, 7) is 3.09. The molecule has 8 nitrogen and oxygen atoms in total. The van der Waals surface area contributed by atoms with Gasteiger partial charge in [-0.1, -0.05) is 19.1 Å². The van der Waals surface area contributed by atoms with Crippen LogP contribution in [0.2, 0.25) is 0 Å². The predicted molar refractivity (Wildman–Crippen MR) is 144 cm³/mol. The van der Waals surface area contributed by atoms with Crippen LogP contribution >= 0.6 is 0 Å². The Morgan fingerprint density at radius 2 is 1.82 bits per heavy atom. The minimum absolute atomic E-state index is 0.00244. The van der Waals surface area contributed by atoms with E-state index in [-0.39, 0.29) is 17.4 Å². The van der Waals surface area contributed by atoms with Gasteiger partial charge in [-0.15, -0.1) is 0 Å². The van der Waals surface area contributed by atoms with Gasteiger partial charge in [0.15, 0.2) is 0 Å². The van der Waals surface area contributed by atoms with E-state index in [1.165, 1.54) is 12.1 Å². The highest BCUT2D eigenvalue weighted by Gasteiger charge is 2.27. The van der Waals surface area contributed by atoms with Crippen LogP contribution in [0.1, 0.15) is 43.0 Å². The average Bonchev–Trinajstić information content (AvgIpc) is 2.94. The van der Waals surface area contributed by atoms with Gasteiger partial charge in [-0.2, -0.15) is 8.78 Å². The van der Waals surface area contributed by atoms with Gasteiger partial charge in [0.05, 0.1) is 13.2 Å². The molecule has 39 heavy (non-hydrogen) atoms. The summed E-state index contributed by atoms with van der Waals surface area (Å²) in [5.74, 6) is 0.192. The van der Waals surface area contributed by atoms with Crippen LogP contribution in [-0.2, 0) is 11.3 Å². The SMILES string of the molecule is CC1CCC(NC(=O)c2c(-c3ccc(OC(F)F)cc3)c3cccnc3n(CCN3CCOCC3)c2=O)CC1. The number of alkyl halides is 2. The number of ether oxygens (including phenoxy) is 2. The topological polar surface area (TPSA) is 85.7 Å². The van der Waals surface area contributed by atoms with Crippen molar-refractivity contribution in [2.24, 2.45) is 5.92 Å². The van der Waals surface area contributed by atoms with E-state index < -0.39 is 18.1 Å². The number of nitrogens with one attached hydrogen (secondary N) is 1. The molecule has 2 aromatic heterocycles. The van der Waals surface area contributed by atoms with Gasteiger partial charge in [-0.05, 0) is 61.4 Å². The summed E-state index contributed by atoms with van der Waals surface area (Å²) in [5, 5.41) is 3.76. The number of fused-ring (bicyclic) bond motifs is 1. The van der Waals surface area contributed by atoms with Crippen LogP contribution in [0.3, 0.4) is 0 Å². The summed E-state index contributed by atoms with van der Waals surface area (Å²) in [4.78, 5) is 34.7. The number of hydrogen-bond acceptors (Lipinski definition) is 6. The van der Waals surface area contributed by atoms with E-state index in [0.717, 1.165) is 38.8 Å². The van der Waals surface area contributed by atoms with Gasteiger partial charge in [0.1, 0.15) is 17.0 Å². The quantitative estimate of drug-likeness (QED) is 0.459. The van der Waals surface area contributed by atoms with Crippen molar-refractivity contribution in [3.05, 3.63) is 58.5 Å². The third-order valence-corrected chi connectivity index (χ3v) is 7.71. The van der Waals surface area contributed by atoms with Gasteiger partial charge < -0.3 is 14.8 Å². The van der Waals surface area contributed by atoms with Crippen molar-refractivity contribution in [2.75, 3.05) is 32.8 Å². The Bertz CT molecular complexity index is 1350. The molecule has 1 N–H and O–H groups in total. The van der Waals surface area contributed by atoms with E-state index in [1.807, 2.05) is 6.07 Å². The lowest BCUT2D eigenvalue weighted by Gasteiger charge is -2.28. The number of aromatic nitrogens is 2. The normalized spacial score (nSPS) is 20.3. The van der Waals surface area contributed by atoms with Crippen molar-refractivity contribution >= 4 is 16.9 Å². The van der Waals surface area contributed by atoms with E-state index in [2.05, 4.69) is 26.9 Å². The first kappa shape index (κ1) is 27.2. The lowest BCUT2D eigenvalue weighted by Crippen LogP contribution is -2.42. The molecule has 1 aliphatic heterocycles. The molecule has 0 unspecified atom stereocenters. The molecule has 2 aliphatic rings. The molecule has 1 amide bonds. The maximum atomic E-state index is 14.1. The number of rotatable bonds is 8. The zero-order valence-electron chi connectivity index (χ0n) is 22.1. The Balaban J connectivity index is 1.59. The zero-order chi connectivity index (χ0) is 27.4. The number of carbonyl (C=O) groups excluding carboxylic acids is 1. The van der Waals surface area contributed by atoms with Crippen LogP contribution in [-0.4, -0.2) is 65.9 Å². The molecule has 3 heterocycles. The van der Waals surface area contributed by atoms with Crippen LogP contribution in [0.25, 0.3) is 22.2 Å². The molecule has 3 aromatic rings. The molecule has 1 aliphatic carbocycles. The summed E-state index contributed by atoms with van der Waals surface area (Å²) >= 11 is 0. The number of nitrogens with zero attached hydrogens (tertiary/aromatic N) is 3. The first-order valence-electron chi connectivity index (χ1n) is 13.6. The Morgan fingerprint density at radius 1 is 1.10 bits per heavy atom. The largest absolute Gasteiger partial charge is 0.435 e. The fourth-order valence-corrected chi connectivity index (χ4v) is 5.53. The number of morpholine rings is 1. The molecule has 1 saturated carbocycles. The Morgan fingerprint density at radius 3 is 2.51 bits per heavy atom. The number of benzene rings is 1. The second-order valence-electron chi connectivity index (χ2n) is 10.4. The summed E-state index contributed by atoms with van der Waals surface area (Å²) < 4.78 is 37.0. The monoisotopic (exact) mass is 540 g/mol. The number of hydrogen-bond donors (Lipinski definition) is 1. The van der Waals surface area contributed by atoms with Crippen molar-refractivity contribution in [1.82, 2.24) is 19.8 Å². The van der Waals surface area contributed by atoms with Crippen LogP contribution in [0, 0.1) is 5.92 Å². The van der Waals surface area contributed by atoms with Crippen molar-refractivity contribution < 1.29 is 23.0 Å². The van der Waals surface area contributed by atoms with E-state index in [0.29, 0.717) is 54.4 Å². The lowest BCUT2D eigenvalue weighted by molar-refractivity contribution is -0.0498. The third-order valence-electron chi connectivity index (χ3n) is 7.71. The summed E-state index contributed by atoms with van der Waals surface area (Å²) in [6.07, 6.45) is 5.40. The van der Waals surface area contributed by atoms with Crippen LogP contribution in [0.15, 0.2) is 47.4 Å². The van der Waals surface area contributed by atoms with Gasteiger partial charge >= 0.3 is 6.61 Å². The van der Waals surface area contributed by atoms with E-state index in [1.54, 1.807) is 29.0 Å². The molecule has 208 valence electrons. The summed E-state index contributed by atoms with van der Waals surface area (Å²) in [7, 11) is 0. The van der Waals surface area contributed by atoms with Gasteiger partial charge in [0.2, 0.25) is 0 Å². The maximum Gasteiger partial charge on any atom is 0.387 e. The van der Waals surface area contributed by atoms with Gasteiger partial charge in [-0.3, -0.25) is 19.1 Å². The number of halogens is 2. The van der Waals surface area contributed by atoms with Gasteiger partial charge in [-0.25, -0.2) is 4.98 Å². The van der Waals surface area contributed by atoms with Gasteiger partial charge in [0.25, 0.3) is 11.5 Å². The molecule has 0 spiro atoms. The third kappa shape index (κ3) is 6.28. The highest BCUT2D eigenvalue weighted by atomic mass is 19.3. The van der Waals surface area contributed by atoms with Crippen LogP contribution < -0.4 is 15.6 Å². The lowest BCUT2D eigenvalue weighted by atomic mass is 9.87. The average molecular weight is 541 g/mol. The first-order valence-corrected chi connectivity index (χ1v) is 13.6. The molecule has 0 atom stereocenters. The van der Waals surface area contributed by atoms with E-state index in [9.17, 15) is 18.4 Å². The fourth-order valence-electron chi connectivity index (χ4n) is 5.53. The maximum absolute atomic E-state index is 14.1. The predicted octanol–water partition coefficient (Wildman–Crippen LogP) is 4.31. The van der Waals surface area contributed by atoms with Crippen molar-refractivity contribution in [1.29, 1.82) is 0 Å². The molecule has 0 radical (unpaired) electrons. The molecule has 1 saturated heterocycles. The fraction of sp³-hybridized carbons (Fsp3) is 0.483. The van der Waals surface area contributed by atoms with Crippen LogP contribution in [0.4, 0.5) is 8.78 Å². The highest BCUT2D eigenvalue weighted by Crippen LogP contribution is 2.32. The number of pyridine rings is 2. The number of carbonyl (C=O) groups is 1. The smallest absolute Gasteiger partial charge is 0.387 e. The van der Waals surface area contributed by atoms with Crippen molar-refractivity contribution in [3.63, 3.8) is 0 Å². The molecular formula is C29H34F2N4O4. The minimum atomic E-state index is -2.95. The van der Waals surface area contributed by atoms with E-state index >= 15 is 0 Å². The molecule has 5 rings (SSSR count). The minimum Gasteiger partial charge on any atom is -0.435 e. The summed E-state index contributed by atoms with van der Waals surface area (Å²) in [6, 6.07) is 9.61. The molecule has 1 aromatic carbocycles. The van der Waals surface area contributed by atoms with Crippen molar-refractivity contribution in [2.45, 2.75) is 51.8 Å². The Kier molecular flexibility index (Phi) is 8.52. The molecule has 10 heteroatoms. The second kappa shape index (κ2) is 12.2. The molecule has 0 bridgehead atoms. The van der Waals surface area contributed by atoms with Crippen LogP contribution in [0.5, 0.6) is 5.75 Å². The van der Waals surface area contributed by atoms with Gasteiger partial charge in [0, 0.05) is 49.4 Å². The van der Waals surface area contributed by atoms with E-state index in [4.69, 9.17) is 4.74 Å². The standard InChI is InChI=1S/C29H34F2N4O4/c1-19-4-8-21(9-5-19)33-27(36)25-24(20-6-10-22(11-7-20)39-29(30)31)23-3-2-12-32-26(23)35(28(25)37)14-13-34-15-17-38-18-16-34/h2-3,6-7,10-12,19,21,29H,4-5,8-9,13-18H2,1H3,(H,33,36). The van der Waals surface area contributed by atoms with Crippen molar-refractivity contribution in [3.8, 4) is 16.9 Å². The zero-order valence-corrected chi connectivity index (χ0v) is 22.1. The summed E-state index contributed by atoms with van der Waals surface area (Å²) in [5.41, 5.74) is 1.09. The molecular weight excluding hydrogens is 506 g/mol. The second-order valence-corrected chi connectivity index (χ2v) is 10.4. The molecule has 2 fully saturated rings.